The summed E-state index contributed by atoms with van der Waals surface area (Å²) >= 11 is 0. The van der Waals surface area contributed by atoms with Crippen LogP contribution in [0.25, 0.3) is 22.7 Å². The highest BCUT2D eigenvalue weighted by molar-refractivity contribution is 5.75. The summed E-state index contributed by atoms with van der Waals surface area (Å²) < 4.78 is 5.35. The molecule has 0 fully saturated rings. The molecule has 0 atom stereocenters. The Labute approximate surface area is 109 Å². The topological polar surface area (TPSA) is 76.6 Å². The summed E-state index contributed by atoms with van der Waals surface area (Å²) in [5.74, 6) is 1.23. The van der Waals surface area contributed by atoms with Crippen molar-refractivity contribution in [2.24, 2.45) is 0 Å². The number of H-pyrrole nitrogens is 1. The van der Waals surface area contributed by atoms with Crippen molar-refractivity contribution >= 4 is 11.2 Å². The second-order valence-electron chi connectivity index (χ2n) is 4.08. The number of fused-ring (bicyclic) bond motifs is 1. The van der Waals surface area contributed by atoms with Crippen molar-refractivity contribution < 1.29 is 4.74 Å². The maximum Gasteiger partial charge on any atom is 0.215 e. The Balaban J connectivity index is 2.03. The zero-order chi connectivity index (χ0) is 13.2. The summed E-state index contributed by atoms with van der Waals surface area (Å²) in [6.45, 7) is 4.40. The molecule has 0 bridgehead atoms. The summed E-state index contributed by atoms with van der Waals surface area (Å²) in [6.07, 6.45) is 3.40. The molecular formula is C13H13N5O. The van der Waals surface area contributed by atoms with Gasteiger partial charge >= 0.3 is 0 Å². The molecule has 0 saturated carbocycles. The van der Waals surface area contributed by atoms with Gasteiger partial charge in [0.05, 0.1) is 24.0 Å². The van der Waals surface area contributed by atoms with Gasteiger partial charge in [0.2, 0.25) is 5.88 Å². The lowest BCUT2D eigenvalue weighted by Gasteiger charge is -1.99. The van der Waals surface area contributed by atoms with Crippen LogP contribution in [-0.2, 0) is 0 Å². The lowest BCUT2D eigenvalue weighted by Crippen LogP contribution is -1.93. The van der Waals surface area contributed by atoms with Crippen LogP contribution >= 0.6 is 0 Å². The van der Waals surface area contributed by atoms with E-state index >= 15 is 0 Å². The smallest absolute Gasteiger partial charge is 0.215 e. The van der Waals surface area contributed by atoms with E-state index in [1.54, 1.807) is 12.4 Å². The Hall–Kier alpha value is -2.50. The molecule has 3 rings (SSSR count). The van der Waals surface area contributed by atoms with Gasteiger partial charge < -0.3 is 9.72 Å². The minimum Gasteiger partial charge on any atom is -0.478 e. The summed E-state index contributed by atoms with van der Waals surface area (Å²) in [6, 6.07) is 3.71. The molecule has 0 aromatic carbocycles. The van der Waals surface area contributed by atoms with E-state index in [-0.39, 0.29) is 0 Å². The van der Waals surface area contributed by atoms with E-state index in [0.717, 1.165) is 11.2 Å². The molecule has 3 aromatic rings. The van der Waals surface area contributed by atoms with Crippen LogP contribution in [0.1, 0.15) is 12.6 Å². The van der Waals surface area contributed by atoms with Crippen LogP contribution in [0.5, 0.6) is 5.88 Å². The summed E-state index contributed by atoms with van der Waals surface area (Å²) in [4.78, 5) is 20.4. The second-order valence-corrected chi connectivity index (χ2v) is 4.08. The van der Waals surface area contributed by atoms with Gasteiger partial charge in [-0.05, 0) is 19.9 Å². The predicted octanol–water partition coefficient (Wildman–Crippen LogP) is 2.12. The zero-order valence-electron chi connectivity index (χ0n) is 10.7. The Bertz CT molecular complexity index is 705. The molecule has 6 heteroatoms. The van der Waals surface area contributed by atoms with Crippen LogP contribution in [0, 0.1) is 6.92 Å². The number of imidazole rings is 1. The number of aromatic nitrogens is 5. The molecule has 96 valence electrons. The Kier molecular flexibility index (Phi) is 2.83. The van der Waals surface area contributed by atoms with Crippen molar-refractivity contribution in [1.29, 1.82) is 0 Å². The minimum absolute atomic E-state index is 0.572. The van der Waals surface area contributed by atoms with Crippen LogP contribution in [0.4, 0.5) is 0 Å². The monoisotopic (exact) mass is 255 g/mol. The molecule has 0 saturated heterocycles. The first-order chi connectivity index (χ1) is 9.26. The van der Waals surface area contributed by atoms with Crippen molar-refractivity contribution in [3.8, 4) is 17.4 Å². The molecular weight excluding hydrogens is 242 g/mol. The molecule has 0 aliphatic carbocycles. The van der Waals surface area contributed by atoms with E-state index in [4.69, 9.17) is 4.74 Å². The maximum atomic E-state index is 5.35. The zero-order valence-corrected chi connectivity index (χ0v) is 10.7. The average molecular weight is 255 g/mol. The number of ether oxygens (including phenoxy) is 1. The SMILES string of the molecule is CCOc1ccc2[nH]c(-c3cnc(C)cn3)nc2n1. The fraction of sp³-hybridized carbons (Fsp3) is 0.231. The van der Waals surface area contributed by atoms with E-state index in [0.29, 0.717) is 29.7 Å². The van der Waals surface area contributed by atoms with Crippen molar-refractivity contribution in [2.45, 2.75) is 13.8 Å². The van der Waals surface area contributed by atoms with Gasteiger partial charge in [0, 0.05) is 12.3 Å². The van der Waals surface area contributed by atoms with Gasteiger partial charge in [-0.15, -0.1) is 0 Å². The van der Waals surface area contributed by atoms with Crippen molar-refractivity contribution in [2.75, 3.05) is 6.61 Å². The maximum absolute atomic E-state index is 5.35. The van der Waals surface area contributed by atoms with Crippen LogP contribution in [0.15, 0.2) is 24.5 Å². The first kappa shape index (κ1) is 11.6. The van der Waals surface area contributed by atoms with E-state index in [1.165, 1.54) is 0 Å². The molecule has 19 heavy (non-hydrogen) atoms. The van der Waals surface area contributed by atoms with E-state index in [9.17, 15) is 0 Å². The van der Waals surface area contributed by atoms with Gasteiger partial charge in [0.25, 0.3) is 0 Å². The van der Waals surface area contributed by atoms with Gasteiger partial charge in [-0.2, -0.15) is 4.98 Å². The molecule has 0 aliphatic heterocycles. The van der Waals surface area contributed by atoms with E-state index < -0.39 is 0 Å². The van der Waals surface area contributed by atoms with Crippen molar-refractivity contribution in [1.82, 2.24) is 24.9 Å². The number of aryl methyl sites for hydroxylation is 1. The highest BCUT2D eigenvalue weighted by Gasteiger charge is 2.08. The van der Waals surface area contributed by atoms with Crippen LogP contribution in [0.3, 0.4) is 0 Å². The molecule has 1 N–H and O–H groups in total. The van der Waals surface area contributed by atoms with Crippen LogP contribution < -0.4 is 4.74 Å². The third kappa shape index (κ3) is 2.24. The normalized spacial score (nSPS) is 10.8. The number of pyridine rings is 1. The lowest BCUT2D eigenvalue weighted by molar-refractivity contribution is 0.328. The lowest BCUT2D eigenvalue weighted by atomic mass is 10.4. The molecule has 0 spiro atoms. The molecule has 3 heterocycles. The number of nitrogens with one attached hydrogen (secondary N) is 1. The number of aromatic amines is 1. The first-order valence-corrected chi connectivity index (χ1v) is 6.05. The van der Waals surface area contributed by atoms with Crippen molar-refractivity contribution in [3.63, 3.8) is 0 Å². The van der Waals surface area contributed by atoms with Gasteiger partial charge in [-0.25, -0.2) is 9.97 Å². The quantitative estimate of drug-likeness (QED) is 0.775. The molecule has 0 unspecified atom stereocenters. The largest absolute Gasteiger partial charge is 0.478 e. The van der Waals surface area contributed by atoms with Crippen molar-refractivity contribution in [3.05, 3.63) is 30.2 Å². The summed E-state index contributed by atoms with van der Waals surface area (Å²) in [7, 11) is 0. The van der Waals surface area contributed by atoms with Crippen LogP contribution in [-0.4, -0.2) is 31.5 Å². The third-order valence-corrected chi connectivity index (χ3v) is 2.64. The van der Waals surface area contributed by atoms with E-state index in [2.05, 4.69) is 24.9 Å². The predicted molar refractivity (Wildman–Crippen MR) is 70.8 cm³/mol. The minimum atomic E-state index is 0.572. The fourth-order valence-corrected chi connectivity index (χ4v) is 1.74. The Morgan fingerprint density at radius 2 is 2.05 bits per heavy atom. The molecule has 3 aromatic heterocycles. The highest BCUT2D eigenvalue weighted by atomic mass is 16.5. The molecule has 0 amide bonds. The number of hydrogen-bond donors (Lipinski definition) is 1. The molecule has 6 nitrogen and oxygen atoms in total. The average Bonchev–Trinajstić information content (AvgIpc) is 2.83. The Morgan fingerprint density at radius 3 is 2.79 bits per heavy atom. The molecule has 0 aliphatic rings. The van der Waals surface area contributed by atoms with E-state index in [1.807, 2.05) is 26.0 Å². The summed E-state index contributed by atoms with van der Waals surface area (Å²) in [5, 5.41) is 0. The number of rotatable bonds is 3. The second kappa shape index (κ2) is 4.64. The third-order valence-electron chi connectivity index (χ3n) is 2.64. The van der Waals surface area contributed by atoms with Gasteiger partial charge in [0.1, 0.15) is 5.69 Å². The van der Waals surface area contributed by atoms with Gasteiger partial charge in [-0.1, -0.05) is 0 Å². The fourth-order valence-electron chi connectivity index (χ4n) is 1.74. The summed E-state index contributed by atoms with van der Waals surface area (Å²) in [5.41, 5.74) is 3.03. The number of hydrogen-bond acceptors (Lipinski definition) is 5. The van der Waals surface area contributed by atoms with Gasteiger partial charge in [-0.3, -0.25) is 4.98 Å². The molecule has 0 radical (unpaired) electrons. The standard InChI is InChI=1S/C13H13N5O/c1-3-19-11-5-4-9-12(17-11)18-13(16-9)10-7-14-8(2)6-15-10/h4-7H,3H2,1-2H3,(H,16,17,18). The first-order valence-electron chi connectivity index (χ1n) is 6.05. The Morgan fingerprint density at radius 1 is 1.16 bits per heavy atom. The van der Waals surface area contributed by atoms with Gasteiger partial charge in [0.15, 0.2) is 11.5 Å². The highest BCUT2D eigenvalue weighted by Crippen LogP contribution is 2.19. The van der Waals surface area contributed by atoms with Crippen LogP contribution in [0.2, 0.25) is 0 Å². The number of nitrogens with zero attached hydrogens (tertiary/aromatic N) is 4.